The number of rotatable bonds is 3. The molecule has 2 nitrogen and oxygen atoms in total. The molecule has 0 radical (unpaired) electrons. The van der Waals surface area contributed by atoms with Crippen LogP contribution in [-0.4, -0.2) is 16.7 Å². The largest absolute Gasteiger partial charge is 0.352 e. The van der Waals surface area contributed by atoms with Gasteiger partial charge in [-0.2, -0.15) is 0 Å². The van der Waals surface area contributed by atoms with Crippen molar-refractivity contribution in [3.8, 4) is 0 Å². The average Bonchev–Trinajstić information content (AvgIpc) is 2.83. The van der Waals surface area contributed by atoms with Crippen LogP contribution in [0.4, 0.5) is 0 Å². The van der Waals surface area contributed by atoms with Gasteiger partial charge in [0.2, 0.25) is 0 Å². The Hall–Kier alpha value is -0.760. The predicted octanol–water partition coefficient (Wildman–Crippen LogP) is 2.72. The van der Waals surface area contributed by atoms with E-state index < -0.39 is 0 Å². The van der Waals surface area contributed by atoms with Gasteiger partial charge in [-0.25, -0.2) is 0 Å². The zero-order valence-corrected chi connectivity index (χ0v) is 11.1. The number of hydrogen-bond acceptors (Lipinski definition) is 1. The van der Waals surface area contributed by atoms with Crippen molar-refractivity contribution >= 4 is 0 Å². The van der Waals surface area contributed by atoms with Gasteiger partial charge in [0, 0.05) is 24.0 Å². The second kappa shape index (κ2) is 4.25. The van der Waals surface area contributed by atoms with E-state index in [0.717, 1.165) is 0 Å². The Morgan fingerprint density at radius 1 is 1.44 bits per heavy atom. The molecule has 1 aliphatic rings. The van der Waals surface area contributed by atoms with Gasteiger partial charge in [-0.1, -0.05) is 6.92 Å². The molecule has 90 valence electrons. The monoisotopic (exact) mass is 220 g/mol. The third-order valence-electron chi connectivity index (χ3n) is 4.42. The van der Waals surface area contributed by atoms with Gasteiger partial charge in [-0.3, -0.25) is 0 Å². The molecular formula is C14H24N2. The van der Waals surface area contributed by atoms with Crippen LogP contribution in [0, 0.1) is 13.8 Å². The summed E-state index contributed by atoms with van der Waals surface area (Å²) in [5.41, 5.74) is 4.70. The van der Waals surface area contributed by atoms with E-state index in [1.165, 1.54) is 49.2 Å². The molecular weight excluding hydrogens is 196 g/mol. The van der Waals surface area contributed by atoms with Crippen molar-refractivity contribution in [1.82, 2.24) is 9.88 Å². The van der Waals surface area contributed by atoms with Crippen LogP contribution < -0.4 is 5.32 Å². The first-order chi connectivity index (χ1) is 7.58. The van der Waals surface area contributed by atoms with Gasteiger partial charge >= 0.3 is 0 Å². The normalized spacial score (nSPS) is 25.2. The first kappa shape index (κ1) is 11.7. The van der Waals surface area contributed by atoms with Gasteiger partial charge in [0.05, 0.1) is 0 Å². The SMILES string of the molecule is CCC1(Cc2cc(C)n(C)c2C)CCCN1. The third kappa shape index (κ3) is 1.91. The van der Waals surface area contributed by atoms with Crippen LogP contribution in [0.5, 0.6) is 0 Å². The maximum absolute atomic E-state index is 3.71. The summed E-state index contributed by atoms with van der Waals surface area (Å²) in [6.07, 6.45) is 5.09. The van der Waals surface area contributed by atoms with E-state index in [2.05, 4.69) is 43.8 Å². The van der Waals surface area contributed by atoms with Crippen molar-refractivity contribution in [2.75, 3.05) is 6.54 Å². The van der Waals surface area contributed by atoms with Crippen molar-refractivity contribution < 1.29 is 0 Å². The van der Waals surface area contributed by atoms with E-state index in [-0.39, 0.29) is 0 Å². The molecule has 1 aliphatic heterocycles. The summed E-state index contributed by atoms with van der Waals surface area (Å²) in [5.74, 6) is 0. The summed E-state index contributed by atoms with van der Waals surface area (Å²) >= 11 is 0. The lowest BCUT2D eigenvalue weighted by Gasteiger charge is -2.28. The maximum atomic E-state index is 3.71. The Morgan fingerprint density at radius 2 is 2.19 bits per heavy atom. The highest BCUT2D eigenvalue weighted by Crippen LogP contribution is 2.29. The highest BCUT2D eigenvalue weighted by molar-refractivity contribution is 5.28. The molecule has 0 aliphatic carbocycles. The summed E-state index contributed by atoms with van der Waals surface area (Å²) in [5, 5.41) is 3.71. The molecule has 0 aromatic carbocycles. The predicted molar refractivity (Wildman–Crippen MR) is 68.8 cm³/mol. The molecule has 0 amide bonds. The minimum absolute atomic E-state index is 0.374. The zero-order valence-electron chi connectivity index (χ0n) is 11.1. The van der Waals surface area contributed by atoms with Crippen LogP contribution in [0.2, 0.25) is 0 Å². The molecule has 1 N–H and O–H groups in total. The van der Waals surface area contributed by atoms with Crippen LogP contribution in [-0.2, 0) is 13.5 Å². The molecule has 0 bridgehead atoms. The molecule has 1 aromatic heterocycles. The molecule has 1 aromatic rings. The standard InChI is InChI=1S/C14H24N2/c1-5-14(7-6-8-15-14)10-13-9-11(2)16(4)12(13)3/h9,15H,5-8,10H2,1-4H3. The van der Waals surface area contributed by atoms with Crippen molar-refractivity contribution in [3.63, 3.8) is 0 Å². The fourth-order valence-electron chi connectivity index (χ4n) is 2.92. The summed E-state index contributed by atoms with van der Waals surface area (Å²) < 4.78 is 2.30. The summed E-state index contributed by atoms with van der Waals surface area (Å²) in [4.78, 5) is 0. The minimum atomic E-state index is 0.374. The van der Waals surface area contributed by atoms with Gasteiger partial charge < -0.3 is 9.88 Å². The lowest BCUT2D eigenvalue weighted by atomic mass is 9.87. The number of nitrogens with zero attached hydrogens (tertiary/aromatic N) is 1. The van der Waals surface area contributed by atoms with E-state index in [1.54, 1.807) is 0 Å². The number of aromatic nitrogens is 1. The smallest absolute Gasteiger partial charge is 0.0220 e. The van der Waals surface area contributed by atoms with Crippen molar-refractivity contribution in [2.45, 2.75) is 52.0 Å². The highest BCUT2D eigenvalue weighted by atomic mass is 15.0. The fourth-order valence-corrected chi connectivity index (χ4v) is 2.92. The second-order valence-electron chi connectivity index (χ2n) is 5.30. The van der Waals surface area contributed by atoms with Crippen LogP contribution in [0.25, 0.3) is 0 Å². The molecule has 2 rings (SSSR count). The molecule has 1 atom stereocenters. The van der Waals surface area contributed by atoms with Crippen LogP contribution in [0.15, 0.2) is 6.07 Å². The van der Waals surface area contributed by atoms with Gasteiger partial charge in [-0.15, -0.1) is 0 Å². The molecule has 0 saturated carbocycles. The molecule has 1 unspecified atom stereocenters. The van der Waals surface area contributed by atoms with E-state index in [0.29, 0.717) is 5.54 Å². The Kier molecular flexibility index (Phi) is 3.11. The summed E-state index contributed by atoms with van der Waals surface area (Å²) in [6.45, 7) is 7.93. The Morgan fingerprint density at radius 3 is 2.62 bits per heavy atom. The Labute approximate surface area is 99.0 Å². The molecule has 16 heavy (non-hydrogen) atoms. The van der Waals surface area contributed by atoms with Crippen molar-refractivity contribution in [3.05, 3.63) is 23.0 Å². The van der Waals surface area contributed by atoms with E-state index >= 15 is 0 Å². The van der Waals surface area contributed by atoms with E-state index in [4.69, 9.17) is 0 Å². The maximum Gasteiger partial charge on any atom is 0.0220 e. The zero-order chi connectivity index (χ0) is 11.8. The number of aryl methyl sites for hydroxylation is 1. The van der Waals surface area contributed by atoms with Crippen LogP contribution in [0.3, 0.4) is 0 Å². The Balaban J connectivity index is 2.22. The molecule has 0 spiro atoms. The minimum Gasteiger partial charge on any atom is -0.352 e. The lowest BCUT2D eigenvalue weighted by molar-refractivity contribution is 0.359. The van der Waals surface area contributed by atoms with E-state index in [9.17, 15) is 0 Å². The van der Waals surface area contributed by atoms with Crippen molar-refractivity contribution in [2.24, 2.45) is 7.05 Å². The van der Waals surface area contributed by atoms with Gasteiger partial charge in [-0.05, 0) is 57.7 Å². The lowest BCUT2D eigenvalue weighted by Crippen LogP contribution is -2.41. The number of hydrogen-bond donors (Lipinski definition) is 1. The van der Waals surface area contributed by atoms with Gasteiger partial charge in [0.25, 0.3) is 0 Å². The molecule has 2 heterocycles. The third-order valence-corrected chi connectivity index (χ3v) is 4.42. The number of nitrogens with one attached hydrogen (secondary N) is 1. The molecule has 1 fully saturated rings. The fraction of sp³-hybridized carbons (Fsp3) is 0.714. The molecule has 2 heteroatoms. The van der Waals surface area contributed by atoms with E-state index in [1.807, 2.05) is 0 Å². The Bertz CT molecular complexity index is 370. The quantitative estimate of drug-likeness (QED) is 0.829. The van der Waals surface area contributed by atoms with Crippen LogP contribution >= 0.6 is 0 Å². The topological polar surface area (TPSA) is 17.0 Å². The van der Waals surface area contributed by atoms with Crippen molar-refractivity contribution in [1.29, 1.82) is 0 Å². The van der Waals surface area contributed by atoms with Gasteiger partial charge in [0.15, 0.2) is 0 Å². The average molecular weight is 220 g/mol. The first-order valence-corrected chi connectivity index (χ1v) is 6.45. The summed E-state index contributed by atoms with van der Waals surface area (Å²) in [7, 11) is 2.16. The highest BCUT2D eigenvalue weighted by Gasteiger charge is 2.32. The second-order valence-corrected chi connectivity index (χ2v) is 5.30. The first-order valence-electron chi connectivity index (χ1n) is 6.45. The van der Waals surface area contributed by atoms with Gasteiger partial charge in [0.1, 0.15) is 0 Å². The van der Waals surface area contributed by atoms with Crippen LogP contribution in [0.1, 0.15) is 43.1 Å². The summed E-state index contributed by atoms with van der Waals surface area (Å²) in [6, 6.07) is 2.35. The molecule has 1 saturated heterocycles.